The average molecular weight is 441 g/mol. The van der Waals surface area contributed by atoms with Crippen molar-refractivity contribution in [3.05, 3.63) is 0 Å². The van der Waals surface area contributed by atoms with Crippen molar-refractivity contribution >= 4 is 23.9 Å². The van der Waals surface area contributed by atoms with Gasteiger partial charge in [0.15, 0.2) is 0 Å². The summed E-state index contributed by atoms with van der Waals surface area (Å²) in [6.07, 6.45) is 11.1. The van der Waals surface area contributed by atoms with E-state index in [0.717, 1.165) is 0 Å². The van der Waals surface area contributed by atoms with Crippen LogP contribution < -0.4 is 17.0 Å². The molecule has 116 valence electrons. The third kappa shape index (κ3) is 12.7. The van der Waals surface area contributed by atoms with Gasteiger partial charge in [0.2, 0.25) is 0 Å². The van der Waals surface area contributed by atoms with Gasteiger partial charge in [0.05, 0.1) is 26.2 Å². The van der Waals surface area contributed by atoms with Gasteiger partial charge in [0, 0.05) is 23.9 Å². The van der Waals surface area contributed by atoms with E-state index in [4.69, 9.17) is 0 Å². The number of nitrogens with zero attached hydrogens (tertiary/aromatic N) is 1. The Morgan fingerprint density at radius 2 is 0.737 bits per heavy atom. The standard InChI is InChI=1S/C16H36N.BrH.Sn/c1-5-9-13-17(14-10-6-2,15-11-7-3)16-12-8-4;;/h5-16H2,1-4H3;1H;/q+1;;/p-1. The van der Waals surface area contributed by atoms with Crippen LogP contribution in [0.15, 0.2) is 0 Å². The maximum atomic E-state index is 2.33. The molecule has 0 N–H and O–H groups in total. The molecule has 0 aliphatic heterocycles. The Balaban J connectivity index is -0.00000128. The largest absolute Gasteiger partial charge is 1.00 e. The van der Waals surface area contributed by atoms with Gasteiger partial charge < -0.3 is 21.5 Å². The molecule has 0 heterocycles. The first-order chi connectivity index (χ1) is 8.24. The van der Waals surface area contributed by atoms with Crippen LogP contribution in [0.25, 0.3) is 0 Å². The Kier molecular flexibility index (Phi) is 22.9. The SMILES string of the molecule is CCCC[N+](CCCC)(CCCC)CCCC.[Br-].[Sn]. The van der Waals surface area contributed by atoms with E-state index >= 15 is 0 Å². The zero-order valence-corrected chi connectivity index (χ0v) is 18.3. The molecule has 0 fully saturated rings. The summed E-state index contributed by atoms with van der Waals surface area (Å²) in [7, 11) is 0. The smallest absolute Gasteiger partial charge is 0.0786 e. The Morgan fingerprint density at radius 3 is 0.895 bits per heavy atom. The molecule has 0 aromatic heterocycles. The molecule has 0 rings (SSSR count). The monoisotopic (exact) mass is 441 g/mol. The topological polar surface area (TPSA) is 0 Å². The molecule has 0 bridgehead atoms. The van der Waals surface area contributed by atoms with E-state index in [1.54, 1.807) is 0 Å². The molecule has 1 nitrogen and oxygen atoms in total. The fourth-order valence-electron chi connectivity index (χ4n) is 2.64. The molecule has 0 spiro atoms. The molecule has 3 heteroatoms. The van der Waals surface area contributed by atoms with Crippen molar-refractivity contribution in [2.24, 2.45) is 0 Å². The molecule has 19 heavy (non-hydrogen) atoms. The summed E-state index contributed by atoms with van der Waals surface area (Å²) in [6, 6.07) is 0. The molecule has 0 unspecified atom stereocenters. The van der Waals surface area contributed by atoms with Gasteiger partial charge in [-0.05, 0) is 25.7 Å². The first-order valence-corrected chi connectivity index (χ1v) is 8.09. The first-order valence-electron chi connectivity index (χ1n) is 8.09. The molecule has 0 aliphatic rings. The number of hydrogen-bond acceptors (Lipinski definition) is 0. The van der Waals surface area contributed by atoms with Crippen molar-refractivity contribution in [2.75, 3.05) is 26.2 Å². The second-order valence-electron chi connectivity index (χ2n) is 5.65. The zero-order chi connectivity index (χ0) is 13.0. The molecular weight excluding hydrogens is 405 g/mol. The maximum Gasteiger partial charge on any atom is 0.0786 e. The van der Waals surface area contributed by atoms with Gasteiger partial charge in [0.1, 0.15) is 0 Å². The van der Waals surface area contributed by atoms with Crippen LogP contribution >= 0.6 is 0 Å². The summed E-state index contributed by atoms with van der Waals surface area (Å²) in [4.78, 5) is 0. The van der Waals surface area contributed by atoms with Crippen molar-refractivity contribution in [2.45, 2.75) is 79.1 Å². The number of unbranched alkanes of at least 4 members (excludes halogenated alkanes) is 4. The summed E-state index contributed by atoms with van der Waals surface area (Å²) >= 11 is 0. The Hall–Kier alpha value is 1.24. The minimum Gasteiger partial charge on any atom is -1.00 e. The number of hydrogen-bond donors (Lipinski definition) is 0. The fourth-order valence-corrected chi connectivity index (χ4v) is 2.64. The van der Waals surface area contributed by atoms with Gasteiger partial charge in [-0.15, -0.1) is 0 Å². The van der Waals surface area contributed by atoms with Crippen molar-refractivity contribution in [3.63, 3.8) is 0 Å². The van der Waals surface area contributed by atoms with Crippen molar-refractivity contribution in [3.8, 4) is 0 Å². The Bertz CT molecular complexity index is 127. The van der Waals surface area contributed by atoms with Crippen LogP contribution in [-0.4, -0.2) is 54.6 Å². The molecule has 0 aromatic carbocycles. The summed E-state index contributed by atoms with van der Waals surface area (Å²) in [6.45, 7) is 15.0. The third-order valence-corrected chi connectivity index (χ3v) is 3.94. The van der Waals surface area contributed by atoms with Gasteiger partial charge in [-0.1, -0.05) is 53.4 Å². The normalized spacial score (nSPS) is 10.7. The van der Waals surface area contributed by atoms with E-state index in [9.17, 15) is 0 Å². The van der Waals surface area contributed by atoms with Crippen LogP contribution in [0.2, 0.25) is 0 Å². The maximum absolute atomic E-state index is 2.33. The first kappa shape index (κ1) is 25.2. The third-order valence-electron chi connectivity index (χ3n) is 3.94. The number of halogens is 1. The van der Waals surface area contributed by atoms with Gasteiger partial charge >= 0.3 is 0 Å². The predicted molar refractivity (Wildman–Crippen MR) is 85.1 cm³/mol. The van der Waals surface area contributed by atoms with E-state index < -0.39 is 0 Å². The molecule has 0 saturated heterocycles. The molecular formula is C16H36BrNSn. The number of quaternary nitrogens is 1. The molecule has 4 radical (unpaired) electrons. The van der Waals surface area contributed by atoms with Crippen molar-refractivity contribution in [1.82, 2.24) is 0 Å². The van der Waals surface area contributed by atoms with Crippen LogP contribution in [0.1, 0.15) is 79.1 Å². The van der Waals surface area contributed by atoms with Crippen LogP contribution in [0.3, 0.4) is 0 Å². The summed E-state index contributed by atoms with van der Waals surface area (Å²) in [5.41, 5.74) is 0. The average Bonchev–Trinajstić information content (AvgIpc) is 2.37. The van der Waals surface area contributed by atoms with E-state index in [0.29, 0.717) is 0 Å². The van der Waals surface area contributed by atoms with Gasteiger partial charge in [-0.25, -0.2) is 0 Å². The zero-order valence-electron chi connectivity index (χ0n) is 13.8. The Labute approximate surface area is 150 Å². The molecule has 0 saturated carbocycles. The molecule has 0 aromatic rings. The van der Waals surface area contributed by atoms with E-state index in [1.165, 1.54) is 82.0 Å². The summed E-state index contributed by atoms with van der Waals surface area (Å²) < 4.78 is 1.42. The number of rotatable bonds is 12. The molecule has 0 aliphatic carbocycles. The second-order valence-corrected chi connectivity index (χ2v) is 5.65. The molecule has 0 amide bonds. The van der Waals surface area contributed by atoms with E-state index in [-0.39, 0.29) is 40.9 Å². The van der Waals surface area contributed by atoms with Crippen molar-refractivity contribution < 1.29 is 21.5 Å². The minimum atomic E-state index is 0. The molecule has 0 atom stereocenters. The van der Waals surface area contributed by atoms with Crippen molar-refractivity contribution in [1.29, 1.82) is 0 Å². The van der Waals surface area contributed by atoms with Crippen LogP contribution in [-0.2, 0) is 0 Å². The fraction of sp³-hybridized carbons (Fsp3) is 1.00. The van der Waals surface area contributed by atoms with Gasteiger partial charge in [0.25, 0.3) is 0 Å². The van der Waals surface area contributed by atoms with E-state index in [2.05, 4.69) is 27.7 Å². The van der Waals surface area contributed by atoms with Gasteiger partial charge in [-0.3, -0.25) is 0 Å². The second kappa shape index (κ2) is 17.3. The Morgan fingerprint density at radius 1 is 0.526 bits per heavy atom. The predicted octanol–water partition coefficient (Wildman–Crippen LogP) is 1.63. The minimum absolute atomic E-state index is 0. The van der Waals surface area contributed by atoms with E-state index in [1.807, 2.05) is 0 Å². The van der Waals surface area contributed by atoms with Crippen LogP contribution in [0.5, 0.6) is 0 Å². The van der Waals surface area contributed by atoms with Crippen LogP contribution in [0.4, 0.5) is 0 Å². The van der Waals surface area contributed by atoms with Gasteiger partial charge in [-0.2, -0.15) is 0 Å². The summed E-state index contributed by atoms with van der Waals surface area (Å²) in [5.74, 6) is 0. The summed E-state index contributed by atoms with van der Waals surface area (Å²) in [5, 5.41) is 0. The quantitative estimate of drug-likeness (QED) is 0.319. The van der Waals surface area contributed by atoms with Crippen LogP contribution in [0, 0.1) is 0 Å².